The Morgan fingerprint density at radius 3 is 2.96 bits per heavy atom. The highest BCUT2D eigenvalue weighted by atomic mass is 32.2. The van der Waals surface area contributed by atoms with Gasteiger partial charge in [-0.2, -0.15) is 0 Å². The lowest BCUT2D eigenvalue weighted by molar-refractivity contribution is -0.120. The fourth-order valence-corrected chi connectivity index (χ4v) is 3.07. The SMILES string of the molecule is CCC(=O)N1CCSc2nnc(COc3ccc(F)cc3F)n21. The molecular weight excluding hydrogens is 326 g/mol. The summed E-state index contributed by atoms with van der Waals surface area (Å²) in [5.74, 6) is -0.485. The number of hydrogen-bond donors (Lipinski definition) is 0. The van der Waals surface area contributed by atoms with Crippen molar-refractivity contribution in [3.63, 3.8) is 0 Å². The van der Waals surface area contributed by atoms with E-state index >= 15 is 0 Å². The standard InChI is InChI=1S/C14H14F2N4O2S/c1-2-13(21)19-5-6-23-14-18-17-12(20(14)19)8-22-11-4-3-9(15)7-10(11)16/h3-4,7H,2,5-6,8H2,1H3. The molecule has 6 nitrogen and oxygen atoms in total. The molecule has 0 spiro atoms. The highest BCUT2D eigenvalue weighted by Crippen LogP contribution is 2.24. The largest absolute Gasteiger partial charge is 0.482 e. The van der Waals surface area contributed by atoms with Crippen molar-refractivity contribution in [2.75, 3.05) is 17.3 Å². The van der Waals surface area contributed by atoms with Crippen molar-refractivity contribution in [1.29, 1.82) is 0 Å². The van der Waals surface area contributed by atoms with Gasteiger partial charge < -0.3 is 4.74 Å². The molecule has 0 fully saturated rings. The Kier molecular flexibility index (Phi) is 4.46. The van der Waals surface area contributed by atoms with Gasteiger partial charge in [0.25, 0.3) is 0 Å². The fraction of sp³-hybridized carbons (Fsp3) is 0.357. The van der Waals surface area contributed by atoms with Gasteiger partial charge in [0.2, 0.25) is 11.1 Å². The van der Waals surface area contributed by atoms with E-state index in [4.69, 9.17) is 4.74 Å². The number of carbonyl (C=O) groups is 1. The molecule has 3 rings (SSSR count). The van der Waals surface area contributed by atoms with Gasteiger partial charge in [0, 0.05) is 18.2 Å². The molecule has 0 N–H and O–H groups in total. The van der Waals surface area contributed by atoms with Crippen LogP contribution in [-0.2, 0) is 11.4 Å². The minimum Gasteiger partial charge on any atom is -0.482 e. The van der Waals surface area contributed by atoms with Crippen LogP contribution in [0.2, 0.25) is 0 Å². The number of thioether (sulfide) groups is 1. The van der Waals surface area contributed by atoms with Crippen LogP contribution in [0.4, 0.5) is 8.78 Å². The van der Waals surface area contributed by atoms with Crippen molar-refractivity contribution in [1.82, 2.24) is 14.9 Å². The van der Waals surface area contributed by atoms with Crippen LogP contribution in [0.25, 0.3) is 0 Å². The van der Waals surface area contributed by atoms with E-state index in [1.54, 1.807) is 16.6 Å². The third-order valence-electron chi connectivity index (χ3n) is 3.29. The average Bonchev–Trinajstić information content (AvgIpc) is 2.96. The van der Waals surface area contributed by atoms with Crippen molar-refractivity contribution < 1.29 is 18.3 Å². The van der Waals surface area contributed by atoms with E-state index < -0.39 is 11.6 Å². The zero-order valence-electron chi connectivity index (χ0n) is 12.3. The molecular formula is C14H14F2N4O2S. The second-order valence-electron chi connectivity index (χ2n) is 4.79. The van der Waals surface area contributed by atoms with Crippen LogP contribution in [0.1, 0.15) is 19.2 Å². The Bertz CT molecular complexity index is 738. The maximum atomic E-state index is 13.6. The summed E-state index contributed by atoms with van der Waals surface area (Å²) in [5.41, 5.74) is 0. The van der Waals surface area contributed by atoms with Crippen molar-refractivity contribution in [3.05, 3.63) is 35.7 Å². The molecule has 0 aliphatic carbocycles. The predicted octanol–water partition coefficient (Wildman–Crippen LogP) is 2.12. The summed E-state index contributed by atoms with van der Waals surface area (Å²) in [6.07, 6.45) is 0.356. The lowest BCUT2D eigenvalue weighted by Gasteiger charge is -2.28. The highest BCUT2D eigenvalue weighted by molar-refractivity contribution is 7.99. The molecule has 1 aromatic carbocycles. The fourth-order valence-electron chi connectivity index (χ4n) is 2.19. The molecule has 1 aliphatic rings. The highest BCUT2D eigenvalue weighted by Gasteiger charge is 2.26. The van der Waals surface area contributed by atoms with E-state index in [2.05, 4.69) is 10.2 Å². The first kappa shape index (κ1) is 15.7. The van der Waals surface area contributed by atoms with Crippen molar-refractivity contribution in [2.24, 2.45) is 0 Å². The number of rotatable bonds is 4. The van der Waals surface area contributed by atoms with E-state index in [1.165, 1.54) is 17.8 Å². The third kappa shape index (κ3) is 3.14. The maximum Gasteiger partial charge on any atom is 0.241 e. The molecule has 2 heterocycles. The van der Waals surface area contributed by atoms with Gasteiger partial charge in [0.05, 0.1) is 6.54 Å². The Labute approximate surface area is 135 Å². The van der Waals surface area contributed by atoms with E-state index in [9.17, 15) is 13.6 Å². The molecule has 1 aromatic heterocycles. The Morgan fingerprint density at radius 2 is 2.22 bits per heavy atom. The summed E-state index contributed by atoms with van der Waals surface area (Å²) in [6, 6.07) is 3.07. The molecule has 0 saturated carbocycles. The number of halogens is 2. The Morgan fingerprint density at radius 1 is 1.39 bits per heavy atom. The summed E-state index contributed by atoms with van der Waals surface area (Å²) in [4.78, 5) is 12.0. The molecule has 0 unspecified atom stereocenters. The molecule has 1 aliphatic heterocycles. The Balaban J connectivity index is 1.82. The molecule has 122 valence electrons. The van der Waals surface area contributed by atoms with Gasteiger partial charge in [-0.15, -0.1) is 10.2 Å². The number of fused-ring (bicyclic) bond motifs is 1. The number of aromatic nitrogens is 3. The molecule has 0 radical (unpaired) electrons. The Hall–Kier alpha value is -2.16. The summed E-state index contributed by atoms with van der Waals surface area (Å²) >= 11 is 1.48. The van der Waals surface area contributed by atoms with Gasteiger partial charge in [0.15, 0.2) is 17.4 Å². The molecule has 2 aromatic rings. The number of carbonyl (C=O) groups excluding carboxylic acids is 1. The summed E-state index contributed by atoms with van der Waals surface area (Å²) < 4.78 is 33.4. The van der Waals surface area contributed by atoms with E-state index in [0.717, 1.165) is 17.9 Å². The van der Waals surface area contributed by atoms with Crippen LogP contribution in [-0.4, -0.2) is 33.1 Å². The van der Waals surface area contributed by atoms with Crippen molar-refractivity contribution in [2.45, 2.75) is 25.1 Å². The molecule has 1 amide bonds. The zero-order chi connectivity index (χ0) is 16.4. The first-order chi connectivity index (χ1) is 11.1. The number of hydrogen-bond acceptors (Lipinski definition) is 5. The van der Waals surface area contributed by atoms with Gasteiger partial charge in [-0.05, 0) is 12.1 Å². The van der Waals surface area contributed by atoms with Crippen LogP contribution in [0.5, 0.6) is 5.75 Å². The first-order valence-electron chi connectivity index (χ1n) is 7.05. The second-order valence-corrected chi connectivity index (χ2v) is 5.85. The third-order valence-corrected chi connectivity index (χ3v) is 4.19. The molecule has 0 bridgehead atoms. The van der Waals surface area contributed by atoms with E-state index in [-0.39, 0.29) is 18.3 Å². The second kappa shape index (κ2) is 6.53. The zero-order valence-corrected chi connectivity index (χ0v) is 13.1. The van der Waals surface area contributed by atoms with E-state index in [1.807, 2.05) is 0 Å². The monoisotopic (exact) mass is 340 g/mol. The van der Waals surface area contributed by atoms with E-state index in [0.29, 0.717) is 23.9 Å². The number of benzene rings is 1. The summed E-state index contributed by atoms with van der Waals surface area (Å²) in [7, 11) is 0. The summed E-state index contributed by atoms with van der Waals surface area (Å²) in [6.45, 7) is 2.24. The van der Waals surface area contributed by atoms with Crippen LogP contribution in [0.15, 0.2) is 23.4 Å². The average molecular weight is 340 g/mol. The minimum absolute atomic E-state index is 0.0550. The molecule has 9 heteroatoms. The molecule has 0 saturated heterocycles. The quantitative estimate of drug-likeness (QED) is 0.853. The van der Waals surface area contributed by atoms with Gasteiger partial charge in [-0.25, -0.2) is 18.5 Å². The number of ether oxygens (including phenoxy) is 1. The number of nitrogens with zero attached hydrogens (tertiary/aromatic N) is 4. The van der Waals surface area contributed by atoms with Gasteiger partial charge in [0.1, 0.15) is 12.4 Å². The van der Waals surface area contributed by atoms with Crippen LogP contribution in [0, 0.1) is 11.6 Å². The van der Waals surface area contributed by atoms with Gasteiger partial charge in [-0.3, -0.25) is 4.79 Å². The van der Waals surface area contributed by atoms with Crippen molar-refractivity contribution >= 4 is 17.7 Å². The van der Waals surface area contributed by atoms with Crippen molar-refractivity contribution in [3.8, 4) is 5.75 Å². The van der Waals surface area contributed by atoms with Crippen LogP contribution >= 0.6 is 11.8 Å². The normalized spacial score (nSPS) is 13.8. The van der Waals surface area contributed by atoms with Crippen LogP contribution < -0.4 is 9.75 Å². The minimum atomic E-state index is -0.792. The molecule has 23 heavy (non-hydrogen) atoms. The van der Waals surface area contributed by atoms with Gasteiger partial charge in [-0.1, -0.05) is 18.7 Å². The summed E-state index contributed by atoms with van der Waals surface area (Å²) in [5, 5.41) is 10.2. The predicted molar refractivity (Wildman–Crippen MR) is 79.8 cm³/mol. The first-order valence-corrected chi connectivity index (χ1v) is 8.04. The van der Waals surface area contributed by atoms with Crippen LogP contribution in [0.3, 0.4) is 0 Å². The van der Waals surface area contributed by atoms with Gasteiger partial charge >= 0.3 is 0 Å². The lowest BCUT2D eigenvalue weighted by atomic mass is 10.3. The topological polar surface area (TPSA) is 60.3 Å². The maximum absolute atomic E-state index is 13.6. The smallest absolute Gasteiger partial charge is 0.241 e. The molecule has 0 atom stereocenters. The lowest BCUT2D eigenvalue weighted by Crippen LogP contribution is -2.45. The number of amides is 1.